The van der Waals surface area contributed by atoms with Gasteiger partial charge >= 0.3 is 29.4 Å². The van der Waals surface area contributed by atoms with Gasteiger partial charge in [-0.25, -0.2) is 0 Å². The molecule has 2 N–H and O–H groups in total. The molecule has 7 heteroatoms. The first kappa shape index (κ1) is 10.8. The molecular weight excluding hydrogens is 201 g/mol. The van der Waals surface area contributed by atoms with Gasteiger partial charge in [0.25, 0.3) is 0 Å². The molecule has 0 rings (SSSR count). The first-order valence-electron chi connectivity index (χ1n) is 1.15. The van der Waals surface area contributed by atoms with Crippen molar-refractivity contribution >= 4 is 26.0 Å². The fraction of sp³-hybridized carbons (Fsp3) is 0. The zero-order chi connectivity index (χ0) is 7.21. The summed E-state index contributed by atoms with van der Waals surface area (Å²) < 4.78 is 31.9. The molecule has 0 heterocycles. The molecule has 0 saturated carbocycles. The molecule has 0 aliphatic rings. The topological polar surface area (TPSA) is 98.4 Å². The average Bonchev–Trinajstić information content (AvgIpc) is 1.27. The van der Waals surface area contributed by atoms with E-state index in [1.54, 1.807) is 0 Å². The molecule has 0 aromatic heterocycles. The molecule has 0 saturated heterocycles. The van der Waals surface area contributed by atoms with Gasteiger partial charge in [0.05, 0.1) is 0 Å². The van der Waals surface area contributed by atoms with Crippen molar-refractivity contribution in [1.29, 1.82) is 5.26 Å². The maximum atomic E-state index is 8.82. The Morgan fingerprint density at radius 3 is 1.50 bits per heavy atom. The second-order valence-electron chi connectivity index (χ2n) is 0.548. The van der Waals surface area contributed by atoms with Crippen molar-refractivity contribution < 1.29 is 16.0 Å². The zero-order valence-electron chi connectivity index (χ0n) is 3.51. The van der Waals surface area contributed by atoms with Crippen molar-refractivity contribution in [3.05, 3.63) is 0 Å². The zero-order valence-corrected chi connectivity index (χ0v) is 6.12. The second-order valence-corrected chi connectivity index (χ2v) is 2.63. The van der Waals surface area contributed by atoms with Crippen LogP contribution in [-0.2, 0) is 7.67 Å². The van der Waals surface area contributed by atoms with Crippen molar-refractivity contribution in [3.8, 4) is 5.40 Å². The Morgan fingerprint density at radius 2 is 1.50 bits per heavy atom. The fourth-order valence-electron chi connectivity index (χ4n) is 0. The van der Waals surface area contributed by atoms with Gasteiger partial charge in [-0.1, -0.05) is 12.6 Å². The number of nitriles is 1. The molecular formula is CH3NO4SSe. The van der Waals surface area contributed by atoms with Gasteiger partial charge in [-0.05, 0) is 0 Å². The van der Waals surface area contributed by atoms with E-state index in [9.17, 15) is 0 Å². The van der Waals surface area contributed by atoms with Gasteiger partial charge in [-0.3, -0.25) is 0 Å². The van der Waals surface area contributed by atoms with E-state index in [4.69, 9.17) is 21.3 Å². The third-order valence-electron chi connectivity index (χ3n) is 0. The number of nitrogens with zero attached hydrogens (tertiary/aromatic N) is 1. The standard InChI is InChI=1S/CHNS.H2O4Se/c2-1-3;1-5(2,3)4/h3H;(H2,1,2,3,4). The van der Waals surface area contributed by atoms with Crippen LogP contribution < -0.4 is 0 Å². The van der Waals surface area contributed by atoms with Crippen LogP contribution in [0.25, 0.3) is 0 Å². The quantitative estimate of drug-likeness (QED) is 0.258. The summed E-state index contributed by atoms with van der Waals surface area (Å²) >= 11 is -2.16. The first-order chi connectivity index (χ1) is 3.41. The number of hydrogen-bond acceptors (Lipinski definition) is 4. The van der Waals surface area contributed by atoms with Crippen LogP contribution in [0.15, 0.2) is 0 Å². The van der Waals surface area contributed by atoms with Crippen molar-refractivity contribution in [2.75, 3.05) is 0 Å². The van der Waals surface area contributed by atoms with Crippen LogP contribution in [0.4, 0.5) is 0 Å². The number of thiocyanates is 1. The predicted molar refractivity (Wildman–Crippen MR) is 26.2 cm³/mol. The van der Waals surface area contributed by atoms with E-state index in [1.165, 1.54) is 5.40 Å². The Labute approximate surface area is 53.2 Å². The van der Waals surface area contributed by atoms with E-state index >= 15 is 0 Å². The van der Waals surface area contributed by atoms with E-state index in [2.05, 4.69) is 12.6 Å². The van der Waals surface area contributed by atoms with Crippen molar-refractivity contribution in [2.24, 2.45) is 0 Å². The van der Waals surface area contributed by atoms with Crippen LogP contribution in [0.5, 0.6) is 0 Å². The molecule has 0 amide bonds. The summed E-state index contributed by atoms with van der Waals surface area (Å²) in [5, 5.41) is 8.63. The number of hydrogen-bond donors (Lipinski definition) is 3. The van der Waals surface area contributed by atoms with E-state index in [-0.39, 0.29) is 0 Å². The molecule has 0 bridgehead atoms. The molecule has 0 unspecified atom stereocenters. The molecule has 0 spiro atoms. The van der Waals surface area contributed by atoms with E-state index in [0.29, 0.717) is 0 Å². The summed E-state index contributed by atoms with van der Waals surface area (Å²) in [5.41, 5.74) is 0. The summed E-state index contributed by atoms with van der Waals surface area (Å²) in [7, 11) is 0. The van der Waals surface area contributed by atoms with Gasteiger partial charge in [0.15, 0.2) is 0 Å². The van der Waals surface area contributed by atoms with Crippen LogP contribution in [0.1, 0.15) is 0 Å². The summed E-state index contributed by atoms with van der Waals surface area (Å²) in [4.78, 5) is 0. The van der Waals surface area contributed by atoms with Crippen LogP contribution in [0, 0.1) is 10.7 Å². The monoisotopic (exact) mass is 205 g/mol. The Bertz CT molecular complexity index is 157. The average molecular weight is 204 g/mol. The van der Waals surface area contributed by atoms with E-state index in [0.717, 1.165) is 0 Å². The Hall–Kier alpha value is -0.121. The summed E-state index contributed by atoms with van der Waals surface area (Å²) in [6, 6.07) is 0. The van der Waals surface area contributed by atoms with Crippen molar-refractivity contribution in [2.45, 2.75) is 0 Å². The van der Waals surface area contributed by atoms with E-state index < -0.39 is 13.4 Å². The van der Waals surface area contributed by atoms with Crippen molar-refractivity contribution in [3.63, 3.8) is 0 Å². The fourth-order valence-corrected chi connectivity index (χ4v) is 0. The molecule has 0 aromatic rings. The minimum absolute atomic E-state index is 1.44. The number of thiol groups is 1. The maximum absolute atomic E-state index is 8.82. The molecule has 0 atom stereocenters. The third-order valence-corrected chi connectivity index (χ3v) is 0. The van der Waals surface area contributed by atoms with Gasteiger partial charge in [0, 0.05) is 0 Å². The third kappa shape index (κ3) is 9640. The van der Waals surface area contributed by atoms with Crippen LogP contribution in [0.2, 0.25) is 0 Å². The molecule has 8 heavy (non-hydrogen) atoms. The molecule has 0 radical (unpaired) electrons. The molecule has 5 nitrogen and oxygen atoms in total. The van der Waals surface area contributed by atoms with Crippen molar-refractivity contribution in [1.82, 2.24) is 0 Å². The normalized spacial score (nSPS) is 8.25. The minimum atomic E-state index is -5.25. The molecule has 0 aliphatic heterocycles. The Kier molecular flexibility index (Phi) is 6.78. The van der Waals surface area contributed by atoms with E-state index in [1.807, 2.05) is 0 Å². The molecule has 0 fully saturated rings. The first-order valence-corrected chi connectivity index (χ1v) is 4.52. The van der Waals surface area contributed by atoms with Gasteiger partial charge in [0.2, 0.25) is 0 Å². The summed E-state index contributed by atoms with van der Waals surface area (Å²) in [6.07, 6.45) is 0. The summed E-state index contributed by atoms with van der Waals surface area (Å²) in [6.45, 7) is 0. The van der Waals surface area contributed by atoms with Gasteiger partial charge in [0.1, 0.15) is 5.40 Å². The molecule has 0 aromatic carbocycles. The van der Waals surface area contributed by atoms with Gasteiger partial charge < -0.3 is 0 Å². The van der Waals surface area contributed by atoms with Crippen LogP contribution >= 0.6 is 12.6 Å². The Morgan fingerprint density at radius 1 is 1.50 bits per heavy atom. The predicted octanol–water partition coefficient (Wildman–Crippen LogP) is -1.34. The second kappa shape index (κ2) is 5.02. The van der Waals surface area contributed by atoms with Crippen LogP contribution in [0.3, 0.4) is 0 Å². The molecule has 0 aliphatic carbocycles. The summed E-state index contributed by atoms with van der Waals surface area (Å²) in [5.74, 6) is 0. The van der Waals surface area contributed by atoms with Gasteiger partial charge in [-0.2, -0.15) is 5.26 Å². The number of rotatable bonds is 0. The Balaban J connectivity index is 0. The molecule has 48 valence electrons. The van der Waals surface area contributed by atoms with Gasteiger partial charge in [-0.15, -0.1) is 0 Å². The SMILES string of the molecule is N#CS.O=[Se](=O)(O)O. The van der Waals surface area contributed by atoms with Crippen LogP contribution in [-0.4, -0.2) is 21.7 Å².